The molecule has 3 aliphatic rings. The molecule has 0 aromatic heterocycles. The molecule has 0 spiro atoms. The van der Waals surface area contributed by atoms with Crippen molar-refractivity contribution in [2.75, 3.05) is 39.3 Å². The maximum Gasteiger partial charge on any atom is 0.0584 e. The Kier molecular flexibility index (Phi) is 20.6. The van der Waals surface area contributed by atoms with Crippen LogP contribution in [0.5, 0.6) is 0 Å². The van der Waals surface area contributed by atoms with Crippen LogP contribution in [0.25, 0.3) is 0 Å². The average Bonchev–Trinajstić information content (AvgIpc) is 2.71. The lowest BCUT2D eigenvalue weighted by molar-refractivity contribution is 0.00454. The molecular formula is C26H60ClN3O5. The standard InChI is InChI=1S/C25H48ClN3O.CH4.4H2O/c1-18(2)24(28-14-19-9-11-27-22(13-19)16-30)15-29-12-10-23(25(3,4)17-29)20-5-7-21(26)8-6-20;;;;;/h18-24,27-28,30H,5-17H2,1-4H3;1H4;4*1H2/t19?,20?,21?,22?,23?,24-;;;;;/m0...../s1. The van der Waals surface area contributed by atoms with Gasteiger partial charge in [0.05, 0.1) is 6.61 Å². The Hall–Kier alpha value is -0.0300. The predicted octanol–water partition coefficient (Wildman–Crippen LogP) is 1.44. The van der Waals surface area contributed by atoms with Crippen molar-refractivity contribution in [1.29, 1.82) is 0 Å². The fraction of sp³-hybridized carbons (Fsp3) is 1.00. The number of halogens is 1. The summed E-state index contributed by atoms with van der Waals surface area (Å²) in [4.78, 5) is 2.74. The van der Waals surface area contributed by atoms with Crippen molar-refractivity contribution < 1.29 is 27.0 Å². The minimum absolute atomic E-state index is 0. The number of likely N-dealkylation sites (tertiary alicyclic amines) is 1. The zero-order chi connectivity index (χ0) is 21.7. The fourth-order valence-electron chi connectivity index (χ4n) is 6.52. The number of rotatable bonds is 8. The van der Waals surface area contributed by atoms with Gasteiger partial charge in [0.25, 0.3) is 0 Å². The van der Waals surface area contributed by atoms with Crippen molar-refractivity contribution >= 4 is 11.6 Å². The molecule has 2 heterocycles. The van der Waals surface area contributed by atoms with Crippen LogP contribution in [0.2, 0.25) is 0 Å². The summed E-state index contributed by atoms with van der Waals surface area (Å²) < 4.78 is 0. The third-order valence-electron chi connectivity index (χ3n) is 8.41. The van der Waals surface area contributed by atoms with E-state index in [0.29, 0.717) is 28.7 Å². The monoisotopic (exact) mass is 529 g/mol. The molecule has 1 saturated carbocycles. The Morgan fingerprint density at radius 1 is 1.03 bits per heavy atom. The SMILES string of the molecule is C.CC(C)[C@H](CN1CCC(C2CCC(Cl)CC2)C(C)(C)C1)NCC1CCNC(CO)C1.O.O.O.O. The number of aliphatic hydroxyl groups excluding tert-OH is 1. The molecule has 0 aromatic carbocycles. The zero-order valence-electron chi connectivity index (χ0n) is 22.0. The number of hydrogen-bond donors (Lipinski definition) is 3. The van der Waals surface area contributed by atoms with Crippen LogP contribution in [0, 0.1) is 29.1 Å². The van der Waals surface area contributed by atoms with Gasteiger partial charge in [0, 0.05) is 30.6 Å². The largest absolute Gasteiger partial charge is 0.412 e. The van der Waals surface area contributed by atoms with Gasteiger partial charge in [-0.15, -0.1) is 11.6 Å². The first-order valence-corrected chi connectivity index (χ1v) is 13.2. The van der Waals surface area contributed by atoms with Crippen molar-refractivity contribution in [3.8, 4) is 0 Å². The van der Waals surface area contributed by atoms with Crippen molar-refractivity contribution in [2.45, 2.75) is 97.5 Å². The molecule has 3 unspecified atom stereocenters. The molecule has 0 amide bonds. The summed E-state index contributed by atoms with van der Waals surface area (Å²) in [5, 5.41) is 17.2. The van der Waals surface area contributed by atoms with Crippen LogP contribution >= 0.6 is 11.6 Å². The third-order valence-corrected chi connectivity index (χ3v) is 8.85. The van der Waals surface area contributed by atoms with Crippen molar-refractivity contribution in [2.24, 2.45) is 29.1 Å². The van der Waals surface area contributed by atoms with E-state index in [1.165, 1.54) is 51.6 Å². The smallest absolute Gasteiger partial charge is 0.0584 e. The number of aliphatic hydroxyl groups is 1. The van der Waals surface area contributed by atoms with E-state index in [0.717, 1.165) is 37.9 Å². The Morgan fingerprint density at radius 2 is 1.66 bits per heavy atom. The van der Waals surface area contributed by atoms with Crippen LogP contribution in [0.1, 0.15) is 80.1 Å². The Morgan fingerprint density at radius 3 is 2.20 bits per heavy atom. The molecule has 8 nitrogen and oxygen atoms in total. The number of nitrogens with one attached hydrogen (secondary N) is 2. The lowest BCUT2D eigenvalue weighted by Gasteiger charge is -2.49. The second kappa shape index (κ2) is 18.3. The van der Waals surface area contributed by atoms with E-state index < -0.39 is 0 Å². The first-order chi connectivity index (χ1) is 14.3. The van der Waals surface area contributed by atoms with Gasteiger partial charge in [-0.05, 0) is 93.7 Å². The van der Waals surface area contributed by atoms with Crippen LogP contribution in [0.3, 0.4) is 0 Å². The molecule has 3 rings (SSSR count). The van der Waals surface area contributed by atoms with E-state index in [2.05, 4.69) is 43.2 Å². The molecule has 2 aliphatic heterocycles. The van der Waals surface area contributed by atoms with Crippen LogP contribution in [0.15, 0.2) is 0 Å². The number of nitrogens with zero attached hydrogens (tertiary/aromatic N) is 1. The molecule has 0 aromatic rings. The number of piperidine rings is 2. The van der Waals surface area contributed by atoms with E-state index in [9.17, 15) is 5.11 Å². The fourth-order valence-corrected chi connectivity index (χ4v) is 6.77. The summed E-state index contributed by atoms with van der Waals surface area (Å²) >= 11 is 6.37. The highest BCUT2D eigenvalue weighted by atomic mass is 35.5. The van der Waals surface area contributed by atoms with Crippen LogP contribution in [0.4, 0.5) is 0 Å². The molecular weight excluding hydrogens is 470 g/mol. The van der Waals surface area contributed by atoms with E-state index in [1.54, 1.807) is 0 Å². The van der Waals surface area contributed by atoms with E-state index in [1.807, 2.05) is 0 Å². The third kappa shape index (κ3) is 11.5. The zero-order valence-corrected chi connectivity index (χ0v) is 22.8. The van der Waals surface area contributed by atoms with Gasteiger partial charge >= 0.3 is 0 Å². The highest BCUT2D eigenvalue weighted by Gasteiger charge is 2.41. The topological polar surface area (TPSA) is 174 Å². The second-order valence-electron chi connectivity index (χ2n) is 11.6. The lowest BCUT2D eigenvalue weighted by Crippen LogP contribution is -2.54. The maximum absolute atomic E-state index is 9.47. The van der Waals surface area contributed by atoms with Gasteiger partial charge in [-0.1, -0.05) is 35.1 Å². The van der Waals surface area contributed by atoms with E-state index >= 15 is 0 Å². The molecule has 2 saturated heterocycles. The first kappa shape index (κ1) is 39.5. The van der Waals surface area contributed by atoms with Crippen LogP contribution < -0.4 is 10.6 Å². The molecule has 4 atom stereocenters. The van der Waals surface area contributed by atoms with Crippen molar-refractivity contribution in [3.05, 3.63) is 0 Å². The Balaban J connectivity index is -0.00000205. The van der Waals surface area contributed by atoms with Gasteiger partial charge in [0.2, 0.25) is 0 Å². The van der Waals surface area contributed by atoms with Gasteiger partial charge in [0.1, 0.15) is 0 Å². The van der Waals surface area contributed by atoms with Gasteiger partial charge in [-0.3, -0.25) is 0 Å². The summed E-state index contributed by atoms with van der Waals surface area (Å²) in [6, 6.07) is 0.836. The van der Waals surface area contributed by atoms with E-state index in [-0.39, 0.29) is 42.0 Å². The average molecular weight is 530 g/mol. The quantitative estimate of drug-likeness (QED) is 0.403. The summed E-state index contributed by atoms with van der Waals surface area (Å²) in [5.41, 5.74) is 0.396. The Bertz CT molecular complexity index is 521. The van der Waals surface area contributed by atoms with Crippen LogP contribution in [-0.4, -0.2) is 88.7 Å². The van der Waals surface area contributed by atoms with Gasteiger partial charge in [-0.2, -0.15) is 0 Å². The molecule has 11 N–H and O–H groups in total. The molecule has 1 aliphatic carbocycles. The highest BCUT2D eigenvalue weighted by Crippen LogP contribution is 2.45. The summed E-state index contributed by atoms with van der Waals surface area (Å²) in [7, 11) is 0. The molecule has 216 valence electrons. The predicted molar refractivity (Wildman–Crippen MR) is 149 cm³/mol. The maximum atomic E-state index is 9.47. The summed E-state index contributed by atoms with van der Waals surface area (Å²) in [5.74, 6) is 3.06. The van der Waals surface area contributed by atoms with Gasteiger partial charge in [-0.25, -0.2) is 0 Å². The molecule has 9 heteroatoms. The molecule has 35 heavy (non-hydrogen) atoms. The molecule has 0 radical (unpaired) electrons. The van der Waals surface area contributed by atoms with Crippen LogP contribution in [-0.2, 0) is 0 Å². The summed E-state index contributed by atoms with van der Waals surface area (Å²) in [6.07, 6.45) is 8.77. The molecule has 0 bridgehead atoms. The number of hydrogen-bond acceptors (Lipinski definition) is 4. The highest BCUT2D eigenvalue weighted by molar-refractivity contribution is 6.20. The molecule has 3 fully saturated rings. The Labute approximate surface area is 220 Å². The normalized spacial score (nSPS) is 31.5. The van der Waals surface area contributed by atoms with Gasteiger partial charge in [0.15, 0.2) is 0 Å². The first-order valence-electron chi connectivity index (χ1n) is 12.7. The van der Waals surface area contributed by atoms with E-state index in [4.69, 9.17) is 11.6 Å². The van der Waals surface area contributed by atoms with Crippen molar-refractivity contribution in [1.82, 2.24) is 15.5 Å². The lowest BCUT2D eigenvalue weighted by atomic mass is 9.64. The second-order valence-corrected chi connectivity index (χ2v) is 12.2. The summed E-state index contributed by atoms with van der Waals surface area (Å²) in [6.45, 7) is 15.8. The number of alkyl halides is 1. The van der Waals surface area contributed by atoms with Gasteiger partial charge < -0.3 is 42.5 Å². The minimum atomic E-state index is 0. The minimum Gasteiger partial charge on any atom is -0.412 e. The van der Waals surface area contributed by atoms with Crippen molar-refractivity contribution in [3.63, 3.8) is 0 Å².